The number of furan rings is 1. The average Bonchev–Trinajstić information content (AvgIpc) is 3.32. The first kappa shape index (κ1) is 17.6. The molecule has 0 aliphatic carbocycles. The van der Waals surface area contributed by atoms with Crippen LogP contribution in [0.15, 0.2) is 76.3 Å². The highest BCUT2D eigenvalue weighted by Crippen LogP contribution is 2.24. The van der Waals surface area contributed by atoms with E-state index in [1.807, 2.05) is 65.5 Å². The van der Waals surface area contributed by atoms with Gasteiger partial charge < -0.3 is 18.8 Å². The van der Waals surface area contributed by atoms with Gasteiger partial charge in [0.1, 0.15) is 11.5 Å². The van der Waals surface area contributed by atoms with Crippen LogP contribution in [0.25, 0.3) is 10.9 Å². The van der Waals surface area contributed by atoms with Crippen molar-refractivity contribution >= 4 is 28.8 Å². The maximum absolute atomic E-state index is 11.0. The summed E-state index contributed by atoms with van der Waals surface area (Å²) in [7, 11) is 1.63. The Balaban J connectivity index is 1.67. The van der Waals surface area contributed by atoms with Crippen LogP contribution < -0.4 is 4.74 Å². The third-order valence-electron chi connectivity index (χ3n) is 4.42. The Morgan fingerprint density at radius 2 is 2.04 bits per heavy atom. The molecule has 0 saturated heterocycles. The number of fused-ring (bicyclic) bond motifs is 1. The lowest BCUT2D eigenvalue weighted by atomic mass is 10.2. The number of nitrogens with zero attached hydrogens (tertiary/aromatic N) is 2. The summed E-state index contributed by atoms with van der Waals surface area (Å²) < 4.78 is 12.7. The number of rotatable bonds is 6. The van der Waals surface area contributed by atoms with Crippen molar-refractivity contribution in [3.05, 3.63) is 83.9 Å². The summed E-state index contributed by atoms with van der Waals surface area (Å²) in [5.74, 6) is 0.194. The number of aromatic carboxylic acids is 1. The van der Waals surface area contributed by atoms with E-state index in [2.05, 4.69) is 4.99 Å². The molecule has 6 nitrogen and oxygen atoms in total. The second-order valence-corrected chi connectivity index (χ2v) is 6.26. The number of benzene rings is 2. The zero-order chi connectivity index (χ0) is 19.5. The predicted octanol–water partition coefficient (Wildman–Crippen LogP) is 4.74. The van der Waals surface area contributed by atoms with Gasteiger partial charge in [0.2, 0.25) is 5.76 Å². The van der Waals surface area contributed by atoms with E-state index in [9.17, 15) is 4.79 Å². The number of carboxylic acids is 1. The molecule has 0 saturated carbocycles. The van der Waals surface area contributed by atoms with Crippen LogP contribution in [0.5, 0.6) is 5.75 Å². The van der Waals surface area contributed by atoms with Crippen LogP contribution in [0.3, 0.4) is 0 Å². The standard InChI is InChI=1S/C22H18N2O4/c1-27-17-6-4-5-16(11-17)23-12-15-13-24(20-8-3-2-7-19(15)20)14-18-9-10-21(28-18)22(25)26/h2-13H,14H2,1H3,(H,25,26). The fourth-order valence-electron chi connectivity index (χ4n) is 3.09. The van der Waals surface area contributed by atoms with Crippen LogP contribution >= 0.6 is 0 Å². The van der Waals surface area contributed by atoms with Crippen LogP contribution in [0, 0.1) is 0 Å². The lowest BCUT2D eigenvalue weighted by Crippen LogP contribution is -1.97. The predicted molar refractivity (Wildman–Crippen MR) is 107 cm³/mol. The molecular weight excluding hydrogens is 356 g/mol. The quantitative estimate of drug-likeness (QED) is 0.495. The van der Waals surface area contributed by atoms with Crippen molar-refractivity contribution in [1.82, 2.24) is 4.57 Å². The van der Waals surface area contributed by atoms with Crippen molar-refractivity contribution < 1.29 is 19.1 Å². The van der Waals surface area contributed by atoms with E-state index in [-0.39, 0.29) is 5.76 Å². The molecule has 0 radical (unpaired) electrons. The zero-order valence-corrected chi connectivity index (χ0v) is 15.2. The van der Waals surface area contributed by atoms with Crippen LogP contribution in [-0.4, -0.2) is 29.0 Å². The maximum atomic E-state index is 11.0. The number of carbonyl (C=O) groups is 1. The Labute approximate surface area is 161 Å². The highest BCUT2D eigenvalue weighted by molar-refractivity contribution is 6.00. The Morgan fingerprint density at radius 3 is 2.82 bits per heavy atom. The topological polar surface area (TPSA) is 77.0 Å². The second kappa shape index (κ2) is 7.44. The van der Waals surface area contributed by atoms with E-state index in [1.54, 1.807) is 13.2 Å². The Hall–Kier alpha value is -3.80. The number of carboxylic acid groups (broad SMARTS) is 1. The molecule has 0 fully saturated rings. The van der Waals surface area contributed by atoms with Gasteiger partial charge in [-0.2, -0.15) is 0 Å². The van der Waals surface area contributed by atoms with E-state index in [0.717, 1.165) is 27.9 Å². The molecule has 0 bridgehead atoms. The Kier molecular flexibility index (Phi) is 4.68. The van der Waals surface area contributed by atoms with Gasteiger partial charge in [-0.05, 0) is 30.3 Å². The van der Waals surface area contributed by atoms with Crippen LogP contribution in [0.4, 0.5) is 5.69 Å². The molecular formula is C22H18N2O4. The molecule has 4 rings (SSSR count). The first-order valence-electron chi connectivity index (χ1n) is 8.72. The number of aromatic nitrogens is 1. The molecule has 0 amide bonds. The number of hydrogen-bond donors (Lipinski definition) is 1. The molecule has 140 valence electrons. The van der Waals surface area contributed by atoms with Crippen molar-refractivity contribution in [2.45, 2.75) is 6.54 Å². The lowest BCUT2D eigenvalue weighted by molar-refractivity contribution is 0.0660. The largest absolute Gasteiger partial charge is 0.497 e. The van der Waals surface area contributed by atoms with Gasteiger partial charge >= 0.3 is 5.97 Å². The van der Waals surface area contributed by atoms with Gasteiger partial charge in [-0.15, -0.1) is 0 Å². The van der Waals surface area contributed by atoms with Gasteiger partial charge in [0, 0.05) is 34.9 Å². The number of para-hydroxylation sites is 1. The molecule has 0 unspecified atom stereocenters. The average molecular weight is 374 g/mol. The minimum Gasteiger partial charge on any atom is -0.497 e. The summed E-state index contributed by atoms with van der Waals surface area (Å²) in [5, 5.41) is 10.1. The third kappa shape index (κ3) is 3.53. The van der Waals surface area contributed by atoms with Gasteiger partial charge in [-0.3, -0.25) is 4.99 Å². The molecule has 0 aliphatic heterocycles. The third-order valence-corrected chi connectivity index (χ3v) is 4.42. The minimum absolute atomic E-state index is 0.0636. The van der Waals surface area contributed by atoms with E-state index < -0.39 is 5.97 Å². The zero-order valence-electron chi connectivity index (χ0n) is 15.2. The van der Waals surface area contributed by atoms with Gasteiger partial charge in [0.25, 0.3) is 0 Å². The summed E-state index contributed by atoms with van der Waals surface area (Å²) in [6.45, 7) is 0.431. The SMILES string of the molecule is COc1cccc(N=Cc2cn(Cc3ccc(C(=O)O)o3)c3ccccc23)c1. The van der Waals surface area contributed by atoms with Crippen molar-refractivity contribution in [2.75, 3.05) is 7.11 Å². The summed E-state index contributed by atoms with van der Waals surface area (Å²) in [4.78, 5) is 15.6. The molecule has 0 spiro atoms. The van der Waals surface area contributed by atoms with Crippen molar-refractivity contribution in [3.8, 4) is 5.75 Å². The number of methoxy groups -OCH3 is 1. The molecule has 4 aromatic rings. The molecule has 2 heterocycles. The van der Waals surface area contributed by atoms with E-state index in [4.69, 9.17) is 14.3 Å². The molecule has 0 atom stereocenters. The van der Waals surface area contributed by atoms with E-state index in [1.165, 1.54) is 6.07 Å². The monoisotopic (exact) mass is 374 g/mol. The highest BCUT2D eigenvalue weighted by atomic mass is 16.5. The van der Waals surface area contributed by atoms with Crippen molar-refractivity contribution in [3.63, 3.8) is 0 Å². The summed E-state index contributed by atoms with van der Waals surface area (Å²) in [5.41, 5.74) is 2.78. The first-order valence-corrected chi connectivity index (χ1v) is 8.72. The molecule has 2 aromatic heterocycles. The summed E-state index contributed by atoms with van der Waals surface area (Å²) in [6, 6.07) is 18.7. The van der Waals surface area contributed by atoms with Crippen LogP contribution in [0.2, 0.25) is 0 Å². The normalized spacial score (nSPS) is 11.3. The Bertz CT molecular complexity index is 1170. The summed E-state index contributed by atoms with van der Waals surface area (Å²) >= 11 is 0. The summed E-state index contributed by atoms with van der Waals surface area (Å²) in [6.07, 6.45) is 3.80. The van der Waals surface area contributed by atoms with Gasteiger partial charge in [0.15, 0.2) is 0 Å². The number of ether oxygens (including phenoxy) is 1. The minimum atomic E-state index is -1.07. The van der Waals surface area contributed by atoms with Crippen LogP contribution in [-0.2, 0) is 6.54 Å². The molecule has 6 heteroatoms. The molecule has 0 aliphatic rings. The van der Waals surface area contributed by atoms with Crippen molar-refractivity contribution in [1.29, 1.82) is 0 Å². The van der Waals surface area contributed by atoms with Gasteiger partial charge in [-0.1, -0.05) is 24.3 Å². The first-order chi connectivity index (χ1) is 13.6. The molecule has 28 heavy (non-hydrogen) atoms. The fourth-order valence-corrected chi connectivity index (χ4v) is 3.09. The Morgan fingerprint density at radius 1 is 1.18 bits per heavy atom. The van der Waals surface area contributed by atoms with Crippen molar-refractivity contribution in [2.24, 2.45) is 4.99 Å². The fraction of sp³-hybridized carbons (Fsp3) is 0.0909. The number of aliphatic imine (C=N–C) groups is 1. The second-order valence-electron chi connectivity index (χ2n) is 6.26. The lowest BCUT2D eigenvalue weighted by Gasteiger charge is -2.02. The maximum Gasteiger partial charge on any atom is 0.371 e. The van der Waals surface area contributed by atoms with Gasteiger partial charge in [-0.25, -0.2) is 4.79 Å². The van der Waals surface area contributed by atoms with E-state index >= 15 is 0 Å². The van der Waals surface area contributed by atoms with Gasteiger partial charge in [0.05, 0.1) is 19.3 Å². The van der Waals surface area contributed by atoms with Crippen LogP contribution in [0.1, 0.15) is 21.9 Å². The molecule has 1 N–H and O–H groups in total. The van der Waals surface area contributed by atoms with E-state index in [0.29, 0.717) is 12.3 Å². The molecule has 2 aromatic carbocycles. The number of hydrogen-bond acceptors (Lipinski definition) is 4. The highest BCUT2D eigenvalue weighted by Gasteiger charge is 2.12. The smallest absolute Gasteiger partial charge is 0.371 e.